The maximum absolute atomic E-state index is 12.8. The van der Waals surface area contributed by atoms with Crippen LogP contribution in [0.4, 0.5) is 5.88 Å². The van der Waals surface area contributed by atoms with E-state index in [4.69, 9.17) is 4.52 Å². The van der Waals surface area contributed by atoms with Crippen LogP contribution in [0.2, 0.25) is 0 Å². The fraction of sp³-hybridized carbons (Fsp3) is 0.360. The molecule has 0 atom stereocenters. The highest BCUT2D eigenvalue weighted by Crippen LogP contribution is 2.34. The molecule has 1 aromatic heterocycles. The van der Waals surface area contributed by atoms with Crippen molar-refractivity contribution in [3.05, 3.63) is 71.8 Å². The highest BCUT2D eigenvalue weighted by Gasteiger charge is 2.26. The van der Waals surface area contributed by atoms with E-state index in [1.165, 1.54) is 6.42 Å². The third kappa shape index (κ3) is 4.56. The molecule has 4 rings (SSSR count). The zero-order valence-electron chi connectivity index (χ0n) is 17.6. The molecule has 1 saturated heterocycles. The van der Waals surface area contributed by atoms with Gasteiger partial charge in [-0.15, -0.1) is 0 Å². The average molecular weight is 404 g/mol. The minimum atomic E-state index is 0.128. The topological polar surface area (TPSA) is 49.6 Å². The highest BCUT2D eigenvalue weighted by atomic mass is 16.5. The van der Waals surface area contributed by atoms with Crippen LogP contribution in [-0.2, 0) is 17.9 Å². The van der Waals surface area contributed by atoms with Gasteiger partial charge in [-0.2, -0.15) is 0 Å². The lowest BCUT2D eigenvalue weighted by Crippen LogP contribution is -2.32. The Kier molecular flexibility index (Phi) is 6.47. The molecule has 1 aliphatic heterocycles. The number of carbonyl (C=O) groups excluding carboxylic acids is 1. The number of amides is 1. The smallest absolute Gasteiger partial charge is 0.232 e. The molecule has 0 spiro atoms. The van der Waals surface area contributed by atoms with Crippen LogP contribution in [0.5, 0.6) is 0 Å². The number of nitrogens with zero attached hydrogens (tertiary/aromatic N) is 3. The molecule has 0 saturated carbocycles. The summed E-state index contributed by atoms with van der Waals surface area (Å²) in [4.78, 5) is 17.0. The highest BCUT2D eigenvalue weighted by molar-refractivity contribution is 5.77. The first-order valence-electron chi connectivity index (χ1n) is 10.9. The Labute approximate surface area is 178 Å². The summed E-state index contributed by atoms with van der Waals surface area (Å²) < 4.78 is 5.89. The van der Waals surface area contributed by atoms with Crippen molar-refractivity contribution in [1.82, 2.24) is 10.1 Å². The number of benzene rings is 2. The fourth-order valence-electron chi connectivity index (χ4n) is 4.06. The predicted octanol–water partition coefficient (Wildman–Crippen LogP) is 5.27. The monoisotopic (exact) mass is 403 g/mol. The van der Waals surface area contributed by atoms with E-state index in [1.807, 2.05) is 60.4 Å². The molecule has 3 aromatic rings. The zero-order chi connectivity index (χ0) is 20.8. The molecular formula is C25H29N3O2. The Bertz CT molecular complexity index is 947. The third-order valence-corrected chi connectivity index (χ3v) is 5.68. The Balaban J connectivity index is 1.70. The minimum Gasteiger partial charge on any atom is -0.340 e. The maximum atomic E-state index is 12.8. The number of piperidine rings is 1. The second-order valence-corrected chi connectivity index (χ2v) is 7.82. The molecule has 0 radical (unpaired) electrons. The van der Waals surface area contributed by atoms with Gasteiger partial charge in [-0.3, -0.25) is 4.79 Å². The molecular weight excluding hydrogens is 374 g/mol. The van der Waals surface area contributed by atoms with Gasteiger partial charge in [-0.05, 0) is 24.8 Å². The van der Waals surface area contributed by atoms with Crippen LogP contribution in [0.25, 0.3) is 11.3 Å². The number of anilines is 1. The van der Waals surface area contributed by atoms with E-state index in [2.05, 4.69) is 22.2 Å². The second-order valence-electron chi connectivity index (χ2n) is 7.82. The van der Waals surface area contributed by atoms with Gasteiger partial charge < -0.3 is 14.3 Å². The third-order valence-electron chi connectivity index (χ3n) is 5.68. The van der Waals surface area contributed by atoms with Crippen molar-refractivity contribution in [3.63, 3.8) is 0 Å². The lowest BCUT2D eigenvalue weighted by Gasteiger charge is -2.28. The molecule has 30 heavy (non-hydrogen) atoms. The van der Waals surface area contributed by atoms with Gasteiger partial charge in [0.2, 0.25) is 11.8 Å². The molecule has 2 heterocycles. The molecule has 1 aliphatic rings. The number of hydrogen-bond donors (Lipinski definition) is 0. The van der Waals surface area contributed by atoms with E-state index in [0.29, 0.717) is 19.5 Å². The van der Waals surface area contributed by atoms with Gasteiger partial charge in [0.25, 0.3) is 0 Å². The van der Waals surface area contributed by atoms with Gasteiger partial charge in [0.15, 0.2) is 0 Å². The molecule has 5 heteroatoms. The van der Waals surface area contributed by atoms with Gasteiger partial charge in [0, 0.05) is 31.6 Å². The van der Waals surface area contributed by atoms with Crippen LogP contribution in [0.15, 0.2) is 65.2 Å². The van der Waals surface area contributed by atoms with Crippen molar-refractivity contribution < 1.29 is 9.32 Å². The second kappa shape index (κ2) is 9.61. The summed E-state index contributed by atoms with van der Waals surface area (Å²) in [6, 6.07) is 20.3. The molecule has 2 aromatic carbocycles. The molecule has 156 valence electrons. The van der Waals surface area contributed by atoms with Crippen LogP contribution >= 0.6 is 0 Å². The molecule has 1 amide bonds. The first-order valence-corrected chi connectivity index (χ1v) is 10.9. The number of rotatable bonds is 7. The average Bonchev–Trinajstić information content (AvgIpc) is 3.23. The first kappa shape index (κ1) is 20.2. The summed E-state index contributed by atoms with van der Waals surface area (Å²) >= 11 is 0. The van der Waals surface area contributed by atoms with E-state index in [-0.39, 0.29) is 5.91 Å². The molecule has 5 nitrogen and oxygen atoms in total. The van der Waals surface area contributed by atoms with E-state index in [9.17, 15) is 4.79 Å². The summed E-state index contributed by atoms with van der Waals surface area (Å²) in [6.07, 6.45) is 4.03. The molecule has 1 fully saturated rings. The molecule has 0 N–H and O–H groups in total. The van der Waals surface area contributed by atoms with Crippen molar-refractivity contribution >= 4 is 11.8 Å². The fourth-order valence-corrected chi connectivity index (χ4v) is 4.06. The Morgan fingerprint density at radius 3 is 2.30 bits per heavy atom. The number of carbonyl (C=O) groups is 1. The van der Waals surface area contributed by atoms with E-state index < -0.39 is 0 Å². The lowest BCUT2D eigenvalue weighted by atomic mass is 10.0. The van der Waals surface area contributed by atoms with Crippen molar-refractivity contribution in [1.29, 1.82) is 0 Å². The molecule has 0 bridgehead atoms. The van der Waals surface area contributed by atoms with Crippen LogP contribution < -0.4 is 4.90 Å². The lowest BCUT2D eigenvalue weighted by molar-refractivity contribution is -0.132. The standard InChI is InChI=1S/C25H29N3O2/c1-2-23(29)28(18-20-12-6-3-7-13-20)19-22-24(21-14-8-4-9-15-21)26-30-25(22)27-16-10-5-11-17-27/h3-4,6-9,12-15H,2,5,10-11,16-19H2,1H3. The number of hydrogen-bond acceptors (Lipinski definition) is 4. The van der Waals surface area contributed by atoms with Gasteiger partial charge >= 0.3 is 0 Å². The summed E-state index contributed by atoms with van der Waals surface area (Å²) in [7, 11) is 0. The maximum Gasteiger partial charge on any atom is 0.232 e. The van der Waals surface area contributed by atoms with Crippen LogP contribution in [0.1, 0.15) is 43.7 Å². The van der Waals surface area contributed by atoms with E-state index >= 15 is 0 Å². The Hall–Kier alpha value is -3.08. The Morgan fingerprint density at radius 2 is 1.63 bits per heavy atom. The van der Waals surface area contributed by atoms with Gasteiger partial charge in [-0.1, -0.05) is 72.7 Å². The Morgan fingerprint density at radius 1 is 0.967 bits per heavy atom. The normalized spacial score (nSPS) is 14.0. The summed E-state index contributed by atoms with van der Waals surface area (Å²) in [6.45, 7) is 4.92. The van der Waals surface area contributed by atoms with Crippen LogP contribution in [0, 0.1) is 0 Å². The predicted molar refractivity (Wildman–Crippen MR) is 119 cm³/mol. The molecule has 0 unspecified atom stereocenters. The van der Waals surface area contributed by atoms with Gasteiger partial charge in [-0.25, -0.2) is 0 Å². The van der Waals surface area contributed by atoms with Crippen molar-refractivity contribution in [3.8, 4) is 11.3 Å². The van der Waals surface area contributed by atoms with E-state index in [0.717, 1.165) is 54.2 Å². The summed E-state index contributed by atoms with van der Waals surface area (Å²) in [5.41, 5.74) is 3.97. The van der Waals surface area contributed by atoms with Crippen LogP contribution in [-0.4, -0.2) is 29.1 Å². The van der Waals surface area contributed by atoms with Crippen molar-refractivity contribution in [2.24, 2.45) is 0 Å². The van der Waals surface area contributed by atoms with Crippen LogP contribution in [0.3, 0.4) is 0 Å². The largest absolute Gasteiger partial charge is 0.340 e. The zero-order valence-corrected chi connectivity index (χ0v) is 17.6. The van der Waals surface area contributed by atoms with Crippen molar-refractivity contribution in [2.45, 2.75) is 45.7 Å². The van der Waals surface area contributed by atoms with Gasteiger partial charge in [0.05, 0.1) is 12.1 Å². The van der Waals surface area contributed by atoms with Crippen molar-refractivity contribution in [2.75, 3.05) is 18.0 Å². The first-order chi connectivity index (χ1) is 14.8. The number of aromatic nitrogens is 1. The molecule has 0 aliphatic carbocycles. The SMILES string of the molecule is CCC(=O)N(Cc1ccccc1)Cc1c(-c2ccccc2)noc1N1CCCCC1. The summed E-state index contributed by atoms with van der Waals surface area (Å²) in [5, 5.41) is 4.45. The van der Waals surface area contributed by atoms with E-state index in [1.54, 1.807) is 0 Å². The summed E-state index contributed by atoms with van der Waals surface area (Å²) in [5.74, 6) is 0.944. The quantitative estimate of drug-likeness (QED) is 0.539. The minimum absolute atomic E-state index is 0.128. The van der Waals surface area contributed by atoms with Gasteiger partial charge in [0.1, 0.15) is 5.69 Å².